The van der Waals surface area contributed by atoms with Crippen LogP contribution in [0.25, 0.3) is 0 Å². The van der Waals surface area contributed by atoms with Crippen LogP contribution in [0, 0.1) is 0 Å². The summed E-state index contributed by atoms with van der Waals surface area (Å²) in [6.45, 7) is 3.99. The van der Waals surface area contributed by atoms with Gasteiger partial charge in [-0.25, -0.2) is 0 Å². The summed E-state index contributed by atoms with van der Waals surface area (Å²) in [6.07, 6.45) is 3.92. The Bertz CT molecular complexity index is 737. The van der Waals surface area contributed by atoms with Crippen molar-refractivity contribution >= 4 is 11.6 Å². The van der Waals surface area contributed by atoms with E-state index in [1.54, 1.807) is 7.11 Å². The summed E-state index contributed by atoms with van der Waals surface area (Å²) >= 11 is 0. The summed E-state index contributed by atoms with van der Waals surface area (Å²) < 4.78 is 5.15. The van der Waals surface area contributed by atoms with Gasteiger partial charge in [0.2, 0.25) is 5.91 Å². The molecule has 0 spiro atoms. The van der Waals surface area contributed by atoms with Crippen molar-refractivity contribution in [1.82, 2.24) is 10.2 Å². The third-order valence-electron chi connectivity index (χ3n) is 5.17. The molecule has 1 aliphatic heterocycles. The van der Waals surface area contributed by atoms with Crippen LogP contribution in [0.5, 0.6) is 5.75 Å². The molecule has 150 valence electrons. The van der Waals surface area contributed by atoms with Crippen LogP contribution in [0.1, 0.15) is 30.4 Å². The molecule has 1 amide bonds. The largest absolute Gasteiger partial charge is 0.497 e. The van der Waals surface area contributed by atoms with Crippen molar-refractivity contribution in [2.45, 2.75) is 32.4 Å². The summed E-state index contributed by atoms with van der Waals surface area (Å²) in [4.78, 5) is 16.7. The molecule has 1 heterocycles. The van der Waals surface area contributed by atoms with Gasteiger partial charge >= 0.3 is 0 Å². The fourth-order valence-electron chi connectivity index (χ4n) is 3.58. The van der Waals surface area contributed by atoms with Crippen LogP contribution < -0.4 is 15.0 Å². The first-order valence-electron chi connectivity index (χ1n) is 10.1. The lowest BCUT2D eigenvalue weighted by molar-refractivity contribution is -0.122. The molecule has 2 aromatic carbocycles. The number of amides is 1. The van der Waals surface area contributed by atoms with Gasteiger partial charge in [-0.1, -0.05) is 24.3 Å². The summed E-state index contributed by atoms with van der Waals surface area (Å²) in [5, 5.41) is 2.98. The summed E-state index contributed by atoms with van der Waals surface area (Å²) in [5.74, 6) is 0.851. The number of hydrogen-bond donors (Lipinski definition) is 1. The highest BCUT2D eigenvalue weighted by molar-refractivity contribution is 5.78. The molecule has 0 saturated carbocycles. The standard InChI is InChI=1S/C23H31N3O2/c1-25(18-23(27)24-16-19-8-12-22(28-2)13-9-19)17-20-6-10-21(11-7-20)26-14-4-3-5-15-26/h6-13H,3-5,14-18H2,1-2H3,(H,24,27). The Morgan fingerprint density at radius 3 is 2.29 bits per heavy atom. The highest BCUT2D eigenvalue weighted by Gasteiger charge is 2.11. The number of benzene rings is 2. The second kappa shape index (κ2) is 10.1. The third kappa shape index (κ3) is 5.99. The van der Waals surface area contributed by atoms with E-state index in [9.17, 15) is 4.79 Å². The van der Waals surface area contributed by atoms with Crippen molar-refractivity contribution in [3.8, 4) is 5.75 Å². The molecule has 1 fully saturated rings. The number of likely N-dealkylation sites (N-methyl/N-ethyl adjacent to an activating group) is 1. The Labute approximate surface area is 168 Å². The molecule has 0 atom stereocenters. The van der Waals surface area contributed by atoms with Crippen molar-refractivity contribution < 1.29 is 9.53 Å². The van der Waals surface area contributed by atoms with Crippen molar-refractivity contribution in [1.29, 1.82) is 0 Å². The van der Waals surface area contributed by atoms with Crippen molar-refractivity contribution in [3.05, 3.63) is 59.7 Å². The maximum atomic E-state index is 12.2. The number of anilines is 1. The average Bonchev–Trinajstić information content (AvgIpc) is 2.74. The first kappa shape index (κ1) is 20.2. The fourth-order valence-corrected chi connectivity index (χ4v) is 3.58. The molecule has 0 radical (unpaired) electrons. The van der Waals surface area contributed by atoms with Crippen molar-refractivity contribution in [3.63, 3.8) is 0 Å². The van der Waals surface area contributed by atoms with E-state index in [1.165, 1.54) is 30.5 Å². The van der Waals surface area contributed by atoms with Gasteiger partial charge in [0.05, 0.1) is 13.7 Å². The van der Waals surface area contributed by atoms with Gasteiger partial charge in [-0.2, -0.15) is 0 Å². The molecule has 2 aromatic rings. The molecule has 5 heteroatoms. The van der Waals surface area contributed by atoms with Crippen molar-refractivity contribution in [2.75, 3.05) is 38.7 Å². The van der Waals surface area contributed by atoms with Crippen LogP contribution in [-0.2, 0) is 17.9 Å². The zero-order valence-corrected chi connectivity index (χ0v) is 17.0. The van der Waals surface area contributed by atoms with Crippen LogP contribution in [0.15, 0.2) is 48.5 Å². The van der Waals surface area contributed by atoms with Crippen LogP contribution in [-0.4, -0.2) is 44.6 Å². The van der Waals surface area contributed by atoms with Gasteiger partial charge in [-0.15, -0.1) is 0 Å². The second-order valence-electron chi connectivity index (χ2n) is 7.51. The fraction of sp³-hybridized carbons (Fsp3) is 0.435. The Kier molecular flexibility index (Phi) is 7.31. The monoisotopic (exact) mass is 381 g/mol. The van der Waals surface area contributed by atoms with Gasteiger partial charge in [0.25, 0.3) is 0 Å². The van der Waals surface area contributed by atoms with Gasteiger partial charge in [-0.05, 0) is 61.7 Å². The SMILES string of the molecule is COc1ccc(CNC(=O)CN(C)Cc2ccc(N3CCCCC3)cc2)cc1. The van der Waals surface area contributed by atoms with E-state index in [1.807, 2.05) is 36.2 Å². The second-order valence-corrected chi connectivity index (χ2v) is 7.51. The number of nitrogens with one attached hydrogen (secondary N) is 1. The van der Waals surface area contributed by atoms with E-state index in [-0.39, 0.29) is 5.91 Å². The normalized spacial score (nSPS) is 14.2. The van der Waals surface area contributed by atoms with Gasteiger partial charge in [0, 0.05) is 31.9 Å². The van der Waals surface area contributed by atoms with E-state index >= 15 is 0 Å². The average molecular weight is 382 g/mol. The van der Waals surface area contributed by atoms with Crippen molar-refractivity contribution in [2.24, 2.45) is 0 Å². The number of hydrogen-bond acceptors (Lipinski definition) is 4. The number of methoxy groups -OCH3 is 1. The quantitative estimate of drug-likeness (QED) is 0.761. The first-order chi connectivity index (χ1) is 13.6. The molecule has 5 nitrogen and oxygen atoms in total. The third-order valence-corrected chi connectivity index (χ3v) is 5.17. The molecule has 28 heavy (non-hydrogen) atoms. The predicted octanol–water partition coefficient (Wildman–Crippen LogP) is 3.43. The Morgan fingerprint density at radius 2 is 1.64 bits per heavy atom. The van der Waals surface area contributed by atoms with Crippen LogP contribution in [0.2, 0.25) is 0 Å². The first-order valence-corrected chi connectivity index (χ1v) is 10.1. The molecular weight excluding hydrogens is 350 g/mol. The Balaban J connectivity index is 1.42. The Hall–Kier alpha value is -2.53. The highest BCUT2D eigenvalue weighted by atomic mass is 16.5. The number of carbonyl (C=O) groups is 1. The summed E-state index contributed by atoms with van der Waals surface area (Å²) in [6, 6.07) is 16.5. The van der Waals surface area contributed by atoms with Gasteiger partial charge in [-0.3, -0.25) is 9.69 Å². The molecular formula is C23H31N3O2. The molecule has 0 bridgehead atoms. The summed E-state index contributed by atoms with van der Waals surface area (Å²) in [7, 11) is 3.62. The Morgan fingerprint density at radius 1 is 1.00 bits per heavy atom. The van der Waals surface area contributed by atoms with E-state index < -0.39 is 0 Å². The van der Waals surface area contributed by atoms with E-state index in [0.717, 1.165) is 30.9 Å². The molecule has 1 saturated heterocycles. The lowest BCUT2D eigenvalue weighted by Crippen LogP contribution is -2.34. The topological polar surface area (TPSA) is 44.8 Å². The van der Waals surface area contributed by atoms with Crippen LogP contribution in [0.4, 0.5) is 5.69 Å². The molecule has 1 aliphatic rings. The van der Waals surface area contributed by atoms with E-state index in [0.29, 0.717) is 13.1 Å². The smallest absolute Gasteiger partial charge is 0.234 e. The van der Waals surface area contributed by atoms with Gasteiger partial charge in [0.15, 0.2) is 0 Å². The van der Waals surface area contributed by atoms with Crippen LogP contribution >= 0.6 is 0 Å². The minimum absolute atomic E-state index is 0.0308. The number of rotatable bonds is 8. The maximum Gasteiger partial charge on any atom is 0.234 e. The molecule has 0 unspecified atom stereocenters. The lowest BCUT2D eigenvalue weighted by Gasteiger charge is -2.29. The summed E-state index contributed by atoms with van der Waals surface area (Å²) in [5.41, 5.74) is 3.60. The zero-order valence-electron chi connectivity index (χ0n) is 17.0. The number of piperidine rings is 1. The molecule has 3 rings (SSSR count). The minimum atomic E-state index is 0.0308. The van der Waals surface area contributed by atoms with Crippen LogP contribution in [0.3, 0.4) is 0 Å². The molecule has 0 aliphatic carbocycles. The number of nitrogens with zero attached hydrogens (tertiary/aromatic N) is 2. The maximum absolute atomic E-state index is 12.2. The van der Waals surface area contributed by atoms with Gasteiger partial charge in [0.1, 0.15) is 5.75 Å². The number of ether oxygens (including phenoxy) is 1. The zero-order chi connectivity index (χ0) is 19.8. The van der Waals surface area contributed by atoms with Gasteiger partial charge < -0.3 is 15.0 Å². The van der Waals surface area contributed by atoms with E-state index in [2.05, 4.69) is 34.5 Å². The lowest BCUT2D eigenvalue weighted by atomic mass is 10.1. The molecule has 0 aromatic heterocycles. The minimum Gasteiger partial charge on any atom is -0.497 e. The van der Waals surface area contributed by atoms with E-state index in [4.69, 9.17) is 4.74 Å². The number of carbonyl (C=O) groups excluding carboxylic acids is 1. The highest BCUT2D eigenvalue weighted by Crippen LogP contribution is 2.20. The molecule has 1 N–H and O–H groups in total. The predicted molar refractivity (Wildman–Crippen MR) is 114 cm³/mol.